The van der Waals surface area contributed by atoms with Crippen LogP contribution in [-0.2, 0) is 19.7 Å². The third-order valence-electron chi connectivity index (χ3n) is 3.97. The first-order chi connectivity index (χ1) is 9.48. The van der Waals surface area contributed by atoms with Crippen molar-refractivity contribution in [3.63, 3.8) is 0 Å². The third kappa shape index (κ3) is 2.98. The van der Waals surface area contributed by atoms with Crippen LogP contribution in [0.2, 0.25) is 0 Å². The predicted molar refractivity (Wildman–Crippen MR) is 74.3 cm³/mol. The lowest BCUT2D eigenvalue weighted by Crippen LogP contribution is -2.51. The van der Waals surface area contributed by atoms with Crippen molar-refractivity contribution in [1.29, 1.82) is 0 Å². The highest BCUT2D eigenvalue weighted by molar-refractivity contribution is 7.86. The molecule has 0 radical (unpaired) electrons. The Kier molecular flexibility index (Phi) is 5.00. The van der Waals surface area contributed by atoms with Gasteiger partial charge in [-0.05, 0) is 32.7 Å². The number of esters is 1. The standard InChI is InChI=1S/C12H23N3O4S/c1-3-19-12(16)11-5-4-8-15(11)20(17,18)14(2)10-6-7-13-9-10/h10-11,13H,3-9H2,1-2H3. The van der Waals surface area contributed by atoms with E-state index in [9.17, 15) is 13.2 Å². The maximum atomic E-state index is 12.7. The molecule has 0 spiro atoms. The van der Waals surface area contributed by atoms with Crippen LogP contribution in [0.15, 0.2) is 0 Å². The number of likely N-dealkylation sites (N-methyl/N-ethyl adjacent to an activating group) is 1. The molecule has 0 aromatic heterocycles. The Bertz CT molecular complexity index is 448. The number of hydrogen-bond acceptors (Lipinski definition) is 5. The SMILES string of the molecule is CCOC(=O)C1CCCN1S(=O)(=O)N(C)C1CCNC1. The molecule has 1 N–H and O–H groups in total. The molecule has 116 valence electrons. The molecule has 2 rings (SSSR count). The van der Waals surface area contributed by atoms with E-state index < -0.39 is 22.2 Å². The maximum Gasteiger partial charge on any atom is 0.324 e. The molecule has 8 heteroatoms. The van der Waals surface area contributed by atoms with Gasteiger partial charge >= 0.3 is 5.97 Å². The molecule has 7 nitrogen and oxygen atoms in total. The smallest absolute Gasteiger partial charge is 0.324 e. The van der Waals surface area contributed by atoms with Gasteiger partial charge in [0.1, 0.15) is 6.04 Å². The average Bonchev–Trinajstić information content (AvgIpc) is 3.09. The van der Waals surface area contributed by atoms with Crippen molar-refractivity contribution in [3.8, 4) is 0 Å². The summed E-state index contributed by atoms with van der Waals surface area (Å²) >= 11 is 0. The number of carbonyl (C=O) groups excluding carboxylic acids is 1. The molecule has 2 unspecified atom stereocenters. The fourth-order valence-electron chi connectivity index (χ4n) is 2.79. The van der Waals surface area contributed by atoms with Crippen LogP contribution >= 0.6 is 0 Å². The highest BCUT2D eigenvalue weighted by atomic mass is 32.2. The van der Waals surface area contributed by atoms with E-state index in [4.69, 9.17) is 4.74 Å². The van der Waals surface area contributed by atoms with Gasteiger partial charge in [0, 0.05) is 26.2 Å². The van der Waals surface area contributed by atoms with E-state index in [-0.39, 0.29) is 12.6 Å². The number of ether oxygens (including phenoxy) is 1. The minimum absolute atomic E-state index is 0.0385. The fraction of sp³-hybridized carbons (Fsp3) is 0.917. The monoisotopic (exact) mass is 305 g/mol. The lowest BCUT2D eigenvalue weighted by Gasteiger charge is -2.30. The van der Waals surface area contributed by atoms with E-state index in [0.717, 1.165) is 13.0 Å². The zero-order chi connectivity index (χ0) is 14.8. The van der Waals surface area contributed by atoms with Crippen molar-refractivity contribution in [2.45, 2.75) is 38.3 Å². The maximum absolute atomic E-state index is 12.7. The summed E-state index contributed by atoms with van der Waals surface area (Å²) in [6.07, 6.45) is 2.03. The van der Waals surface area contributed by atoms with Crippen molar-refractivity contribution in [2.75, 3.05) is 33.3 Å². The highest BCUT2D eigenvalue weighted by Gasteiger charge is 2.43. The molecule has 0 aromatic carbocycles. The minimum atomic E-state index is -3.61. The molecule has 2 atom stereocenters. The Morgan fingerprint density at radius 1 is 1.45 bits per heavy atom. The Morgan fingerprint density at radius 2 is 2.20 bits per heavy atom. The summed E-state index contributed by atoms with van der Waals surface area (Å²) in [7, 11) is -2.02. The van der Waals surface area contributed by atoms with Crippen molar-refractivity contribution < 1.29 is 17.9 Å². The quantitative estimate of drug-likeness (QED) is 0.696. The molecule has 0 bridgehead atoms. The van der Waals surface area contributed by atoms with Gasteiger partial charge in [-0.2, -0.15) is 17.0 Å². The predicted octanol–water partition coefficient (Wildman–Crippen LogP) is -0.448. The second-order valence-corrected chi connectivity index (χ2v) is 7.13. The minimum Gasteiger partial charge on any atom is -0.465 e. The van der Waals surface area contributed by atoms with Gasteiger partial charge in [-0.3, -0.25) is 4.79 Å². The first kappa shape index (κ1) is 15.7. The van der Waals surface area contributed by atoms with Crippen molar-refractivity contribution in [2.24, 2.45) is 0 Å². The first-order valence-corrected chi connectivity index (χ1v) is 8.50. The molecule has 0 amide bonds. The van der Waals surface area contributed by atoms with Crippen LogP contribution in [0.4, 0.5) is 0 Å². The largest absolute Gasteiger partial charge is 0.465 e. The van der Waals surface area contributed by atoms with E-state index in [0.29, 0.717) is 25.9 Å². The third-order valence-corrected chi connectivity index (χ3v) is 6.03. The van der Waals surface area contributed by atoms with Gasteiger partial charge in [-0.25, -0.2) is 0 Å². The average molecular weight is 305 g/mol. The molecular weight excluding hydrogens is 282 g/mol. The van der Waals surface area contributed by atoms with Gasteiger partial charge in [0.15, 0.2) is 0 Å². The summed E-state index contributed by atoms with van der Waals surface area (Å²) in [6.45, 7) is 3.86. The van der Waals surface area contributed by atoms with Crippen LogP contribution in [0.3, 0.4) is 0 Å². The summed E-state index contributed by atoms with van der Waals surface area (Å²) in [5.74, 6) is -0.438. The van der Waals surface area contributed by atoms with E-state index >= 15 is 0 Å². The number of carbonyl (C=O) groups is 1. The number of nitrogens with one attached hydrogen (secondary N) is 1. The second kappa shape index (κ2) is 6.38. The van der Waals surface area contributed by atoms with E-state index in [1.807, 2.05) is 0 Å². The van der Waals surface area contributed by atoms with Crippen molar-refractivity contribution in [1.82, 2.24) is 13.9 Å². The lowest BCUT2D eigenvalue weighted by molar-refractivity contribution is -0.146. The van der Waals surface area contributed by atoms with Gasteiger partial charge in [-0.1, -0.05) is 0 Å². The topological polar surface area (TPSA) is 79.0 Å². The number of hydrogen-bond donors (Lipinski definition) is 1. The van der Waals surface area contributed by atoms with Crippen LogP contribution in [0, 0.1) is 0 Å². The van der Waals surface area contributed by atoms with Crippen molar-refractivity contribution in [3.05, 3.63) is 0 Å². The first-order valence-electron chi connectivity index (χ1n) is 7.10. The van der Waals surface area contributed by atoms with E-state index in [1.165, 1.54) is 8.61 Å². The molecule has 0 aliphatic carbocycles. The van der Waals surface area contributed by atoms with Crippen LogP contribution in [0.25, 0.3) is 0 Å². The van der Waals surface area contributed by atoms with E-state index in [1.54, 1.807) is 14.0 Å². The molecule has 2 saturated heterocycles. The lowest BCUT2D eigenvalue weighted by atomic mass is 10.2. The normalized spacial score (nSPS) is 28.1. The summed E-state index contributed by atoms with van der Waals surface area (Å²) < 4.78 is 33.0. The molecule has 20 heavy (non-hydrogen) atoms. The molecule has 2 aliphatic heterocycles. The Hall–Kier alpha value is -0.700. The number of rotatable bonds is 5. The Morgan fingerprint density at radius 3 is 2.80 bits per heavy atom. The fourth-order valence-corrected chi connectivity index (χ4v) is 4.55. The Labute approximate surface area is 120 Å². The van der Waals surface area contributed by atoms with E-state index in [2.05, 4.69) is 5.32 Å². The summed E-state index contributed by atoms with van der Waals surface area (Å²) in [6, 6.07) is -0.708. The van der Waals surface area contributed by atoms with Gasteiger partial charge in [0.05, 0.1) is 6.61 Å². The molecule has 2 aliphatic rings. The molecule has 2 fully saturated rings. The van der Waals surface area contributed by atoms with Gasteiger partial charge in [0.2, 0.25) is 0 Å². The zero-order valence-corrected chi connectivity index (χ0v) is 12.9. The number of nitrogens with zero attached hydrogens (tertiary/aromatic N) is 2. The van der Waals surface area contributed by atoms with Crippen LogP contribution in [0.5, 0.6) is 0 Å². The molecule has 0 aromatic rings. The summed E-state index contributed by atoms with van der Waals surface area (Å²) in [5, 5.41) is 3.15. The molecule has 2 heterocycles. The second-order valence-electron chi connectivity index (χ2n) is 5.19. The Balaban J connectivity index is 2.12. The zero-order valence-electron chi connectivity index (χ0n) is 12.0. The van der Waals surface area contributed by atoms with Gasteiger partial charge in [-0.15, -0.1) is 0 Å². The summed E-state index contributed by atoms with van der Waals surface area (Å²) in [4.78, 5) is 11.9. The highest BCUT2D eigenvalue weighted by Crippen LogP contribution is 2.25. The van der Waals surface area contributed by atoms with Crippen LogP contribution < -0.4 is 5.32 Å². The van der Waals surface area contributed by atoms with Crippen LogP contribution in [0.1, 0.15) is 26.2 Å². The molecule has 0 saturated carbocycles. The van der Waals surface area contributed by atoms with Gasteiger partial charge < -0.3 is 10.1 Å². The summed E-state index contributed by atoms with van der Waals surface area (Å²) in [5.41, 5.74) is 0. The van der Waals surface area contributed by atoms with Crippen molar-refractivity contribution >= 4 is 16.2 Å². The van der Waals surface area contributed by atoms with Crippen LogP contribution in [-0.4, -0.2) is 68.4 Å². The molecular formula is C12H23N3O4S. The van der Waals surface area contributed by atoms with Gasteiger partial charge in [0.25, 0.3) is 10.2 Å².